The lowest BCUT2D eigenvalue weighted by Crippen LogP contribution is -1.81. The minimum atomic E-state index is 0.968. The highest BCUT2D eigenvalue weighted by atomic mass is 79.9. The van der Waals surface area contributed by atoms with Gasteiger partial charge in [-0.25, -0.2) is 0 Å². The minimum absolute atomic E-state index is 0.968. The molecule has 15 heavy (non-hydrogen) atoms. The molecule has 0 atom stereocenters. The summed E-state index contributed by atoms with van der Waals surface area (Å²) in [6.45, 7) is 0. The first-order valence-electron chi connectivity index (χ1n) is 4.62. The summed E-state index contributed by atoms with van der Waals surface area (Å²) in [4.78, 5) is 5.37. The molecule has 1 aromatic heterocycles. The Morgan fingerprint density at radius 2 is 1.93 bits per heavy atom. The van der Waals surface area contributed by atoms with E-state index in [9.17, 15) is 0 Å². The van der Waals surface area contributed by atoms with Gasteiger partial charge in [-0.3, -0.25) is 4.98 Å². The number of pyridine rings is 1. The van der Waals surface area contributed by atoms with E-state index in [4.69, 9.17) is 0 Å². The standard InChI is InChI=1S/C12H10BrNS/c13-11-3-5-12(6-4-11)15-9-10-2-1-7-14-8-10/h1-8H,9H2. The van der Waals surface area contributed by atoms with Crippen LogP contribution in [-0.2, 0) is 5.75 Å². The van der Waals surface area contributed by atoms with Crippen LogP contribution in [0.4, 0.5) is 0 Å². The van der Waals surface area contributed by atoms with Gasteiger partial charge in [0.05, 0.1) is 0 Å². The molecule has 0 saturated carbocycles. The molecule has 1 aromatic carbocycles. The molecule has 2 aromatic rings. The Morgan fingerprint density at radius 1 is 1.13 bits per heavy atom. The molecular weight excluding hydrogens is 270 g/mol. The zero-order valence-electron chi connectivity index (χ0n) is 8.06. The van der Waals surface area contributed by atoms with Crippen molar-refractivity contribution < 1.29 is 0 Å². The summed E-state index contributed by atoms with van der Waals surface area (Å²) in [6.07, 6.45) is 3.71. The first-order chi connectivity index (χ1) is 7.34. The maximum atomic E-state index is 4.09. The van der Waals surface area contributed by atoms with Crippen molar-refractivity contribution in [3.05, 3.63) is 58.8 Å². The van der Waals surface area contributed by atoms with Gasteiger partial charge in [-0.2, -0.15) is 0 Å². The second-order valence-electron chi connectivity index (χ2n) is 3.10. The van der Waals surface area contributed by atoms with Gasteiger partial charge < -0.3 is 0 Å². The Morgan fingerprint density at radius 3 is 2.60 bits per heavy atom. The van der Waals surface area contributed by atoms with Crippen LogP contribution in [-0.4, -0.2) is 4.98 Å². The van der Waals surface area contributed by atoms with Crippen molar-refractivity contribution >= 4 is 27.7 Å². The number of halogens is 1. The molecule has 0 saturated heterocycles. The van der Waals surface area contributed by atoms with E-state index in [0.29, 0.717) is 0 Å². The molecule has 1 nitrogen and oxygen atoms in total. The fraction of sp³-hybridized carbons (Fsp3) is 0.0833. The molecule has 0 N–H and O–H groups in total. The van der Waals surface area contributed by atoms with E-state index in [1.54, 1.807) is 6.20 Å². The largest absolute Gasteiger partial charge is 0.264 e. The maximum Gasteiger partial charge on any atom is 0.0308 e. The molecule has 0 aliphatic heterocycles. The number of thioether (sulfide) groups is 1. The van der Waals surface area contributed by atoms with Crippen LogP contribution in [0.5, 0.6) is 0 Å². The molecule has 76 valence electrons. The second-order valence-corrected chi connectivity index (χ2v) is 5.07. The van der Waals surface area contributed by atoms with Gasteiger partial charge in [-0.05, 0) is 35.9 Å². The third kappa shape index (κ3) is 3.36. The van der Waals surface area contributed by atoms with Gasteiger partial charge in [0.1, 0.15) is 0 Å². The van der Waals surface area contributed by atoms with Crippen LogP contribution in [0.15, 0.2) is 58.2 Å². The summed E-state index contributed by atoms with van der Waals surface area (Å²) in [5.74, 6) is 0.968. The van der Waals surface area contributed by atoms with E-state index in [-0.39, 0.29) is 0 Å². The number of hydrogen-bond donors (Lipinski definition) is 0. The Kier molecular flexibility index (Phi) is 3.80. The average molecular weight is 280 g/mol. The van der Waals surface area contributed by atoms with Crippen LogP contribution < -0.4 is 0 Å². The lowest BCUT2D eigenvalue weighted by Gasteiger charge is -2.01. The van der Waals surface area contributed by atoms with Crippen LogP contribution in [0.3, 0.4) is 0 Å². The number of aromatic nitrogens is 1. The molecule has 0 radical (unpaired) electrons. The van der Waals surface area contributed by atoms with Gasteiger partial charge >= 0.3 is 0 Å². The monoisotopic (exact) mass is 279 g/mol. The molecule has 1 heterocycles. The van der Waals surface area contributed by atoms with Gasteiger partial charge in [-0.1, -0.05) is 22.0 Å². The molecule has 2 rings (SSSR count). The van der Waals surface area contributed by atoms with Crippen molar-refractivity contribution in [2.45, 2.75) is 10.6 Å². The molecule has 0 aliphatic rings. The summed E-state index contributed by atoms with van der Waals surface area (Å²) >= 11 is 5.24. The van der Waals surface area contributed by atoms with Gasteiger partial charge in [0.2, 0.25) is 0 Å². The molecule has 0 aliphatic carbocycles. The number of rotatable bonds is 3. The maximum absolute atomic E-state index is 4.09. The number of benzene rings is 1. The van der Waals surface area contributed by atoms with E-state index >= 15 is 0 Å². The minimum Gasteiger partial charge on any atom is -0.264 e. The first kappa shape index (κ1) is 10.7. The average Bonchev–Trinajstić information content (AvgIpc) is 2.30. The highest BCUT2D eigenvalue weighted by Gasteiger charge is 1.95. The molecule has 0 fully saturated rings. The predicted octanol–water partition coefficient (Wildman–Crippen LogP) is 4.14. The van der Waals surface area contributed by atoms with Crippen molar-refractivity contribution in [3.8, 4) is 0 Å². The molecule has 0 amide bonds. The highest BCUT2D eigenvalue weighted by molar-refractivity contribution is 9.10. The van der Waals surface area contributed by atoms with Gasteiger partial charge in [0.15, 0.2) is 0 Å². The van der Waals surface area contributed by atoms with Crippen LogP contribution in [0, 0.1) is 0 Å². The van der Waals surface area contributed by atoms with Crippen molar-refractivity contribution in [3.63, 3.8) is 0 Å². The molecule has 0 unspecified atom stereocenters. The Balaban J connectivity index is 1.96. The smallest absolute Gasteiger partial charge is 0.0308 e. The Labute approximate surface area is 102 Å². The first-order valence-corrected chi connectivity index (χ1v) is 6.40. The number of nitrogens with zero attached hydrogens (tertiary/aromatic N) is 1. The summed E-state index contributed by atoms with van der Waals surface area (Å²) in [6, 6.07) is 12.4. The third-order valence-corrected chi connectivity index (χ3v) is 3.55. The Bertz CT molecular complexity index is 413. The molecular formula is C12H10BrNS. The van der Waals surface area contributed by atoms with Gasteiger partial charge in [0, 0.05) is 27.5 Å². The predicted molar refractivity (Wildman–Crippen MR) is 67.9 cm³/mol. The molecule has 0 bridgehead atoms. The van der Waals surface area contributed by atoms with Crippen molar-refractivity contribution in [1.82, 2.24) is 4.98 Å². The van der Waals surface area contributed by atoms with E-state index in [1.807, 2.05) is 24.0 Å². The van der Waals surface area contributed by atoms with E-state index in [2.05, 4.69) is 51.2 Å². The fourth-order valence-corrected chi connectivity index (χ4v) is 2.28. The Hall–Kier alpha value is -0.800. The van der Waals surface area contributed by atoms with Crippen LogP contribution >= 0.6 is 27.7 Å². The summed E-state index contributed by atoms with van der Waals surface area (Å²) in [5.41, 5.74) is 1.26. The van der Waals surface area contributed by atoms with Crippen LogP contribution in [0.2, 0.25) is 0 Å². The van der Waals surface area contributed by atoms with E-state index in [1.165, 1.54) is 10.5 Å². The summed E-state index contributed by atoms with van der Waals surface area (Å²) < 4.78 is 1.12. The third-order valence-electron chi connectivity index (χ3n) is 1.94. The van der Waals surface area contributed by atoms with Gasteiger partial charge in [-0.15, -0.1) is 11.8 Å². The van der Waals surface area contributed by atoms with Crippen LogP contribution in [0.25, 0.3) is 0 Å². The number of hydrogen-bond acceptors (Lipinski definition) is 2. The van der Waals surface area contributed by atoms with Gasteiger partial charge in [0.25, 0.3) is 0 Å². The van der Waals surface area contributed by atoms with Crippen molar-refractivity contribution in [2.75, 3.05) is 0 Å². The van der Waals surface area contributed by atoms with Crippen LogP contribution in [0.1, 0.15) is 5.56 Å². The second kappa shape index (κ2) is 5.33. The normalized spacial score (nSPS) is 10.2. The SMILES string of the molecule is Brc1ccc(SCc2cccnc2)cc1. The zero-order valence-corrected chi connectivity index (χ0v) is 10.5. The quantitative estimate of drug-likeness (QED) is 0.784. The van der Waals surface area contributed by atoms with E-state index < -0.39 is 0 Å². The van der Waals surface area contributed by atoms with Crippen molar-refractivity contribution in [1.29, 1.82) is 0 Å². The molecule has 3 heteroatoms. The lowest BCUT2D eigenvalue weighted by atomic mass is 10.3. The molecule has 0 spiro atoms. The van der Waals surface area contributed by atoms with E-state index in [0.717, 1.165) is 10.2 Å². The summed E-state index contributed by atoms with van der Waals surface area (Å²) in [7, 11) is 0. The van der Waals surface area contributed by atoms with Crippen molar-refractivity contribution in [2.24, 2.45) is 0 Å². The highest BCUT2D eigenvalue weighted by Crippen LogP contribution is 2.23. The fourth-order valence-electron chi connectivity index (χ4n) is 1.18. The zero-order chi connectivity index (χ0) is 10.5. The topological polar surface area (TPSA) is 12.9 Å². The summed E-state index contributed by atoms with van der Waals surface area (Å²) in [5, 5.41) is 0. The lowest BCUT2D eigenvalue weighted by molar-refractivity contribution is 1.25.